The van der Waals surface area contributed by atoms with Crippen LogP contribution in [0.4, 0.5) is 5.95 Å². The van der Waals surface area contributed by atoms with E-state index in [9.17, 15) is 14.7 Å². The number of H-pyrrole nitrogens is 1. The van der Waals surface area contributed by atoms with Gasteiger partial charge in [-0.2, -0.15) is 4.98 Å². The summed E-state index contributed by atoms with van der Waals surface area (Å²) in [6.45, 7) is -0.178. The number of hydrogen-bond donors (Lipinski definition) is 4. The van der Waals surface area contributed by atoms with E-state index in [1.807, 2.05) is 0 Å². The van der Waals surface area contributed by atoms with Crippen LogP contribution < -0.4 is 21.3 Å². The Morgan fingerprint density at radius 2 is 2.10 bits per heavy atom. The molecular formula is C17H19Cl2N5O5. The van der Waals surface area contributed by atoms with E-state index in [4.69, 9.17) is 33.0 Å². The number of nitrogens with one attached hydrogen (secondary N) is 2. The molecule has 0 radical (unpaired) electrons. The molecular weight excluding hydrogens is 425 g/mol. The molecule has 0 aliphatic heterocycles. The van der Waals surface area contributed by atoms with Gasteiger partial charge in [-0.15, -0.1) is 0 Å². The number of nitrogens with zero attached hydrogens (tertiary/aromatic N) is 3. The van der Waals surface area contributed by atoms with Gasteiger partial charge in [-0.1, -0.05) is 23.2 Å². The number of aromatic nitrogens is 4. The molecule has 0 aliphatic carbocycles. The third kappa shape index (κ3) is 4.56. The van der Waals surface area contributed by atoms with Crippen molar-refractivity contribution in [3.8, 4) is 5.75 Å². The zero-order chi connectivity index (χ0) is 21.1. The zero-order valence-corrected chi connectivity index (χ0v) is 16.9. The second-order valence-corrected chi connectivity index (χ2v) is 7.07. The van der Waals surface area contributed by atoms with Crippen LogP contribution in [0.1, 0.15) is 0 Å². The summed E-state index contributed by atoms with van der Waals surface area (Å²) in [5.74, 6) is 0.578. The van der Waals surface area contributed by atoms with E-state index < -0.39 is 17.4 Å². The highest BCUT2D eigenvalue weighted by molar-refractivity contribution is 6.35. The first-order valence-electron chi connectivity index (χ1n) is 8.62. The van der Waals surface area contributed by atoms with Crippen molar-refractivity contribution in [2.45, 2.75) is 12.6 Å². The largest absolute Gasteiger partial charge is 0.489 e. The fraction of sp³-hybridized carbons (Fsp3) is 0.353. The lowest BCUT2D eigenvalue weighted by Crippen LogP contribution is -2.31. The normalized spacial score (nSPS) is 12.3. The average Bonchev–Trinajstić information content (AvgIpc) is 3.02. The van der Waals surface area contributed by atoms with Crippen molar-refractivity contribution < 1.29 is 14.9 Å². The Kier molecular flexibility index (Phi) is 6.48. The van der Waals surface area contributed by atoms with E-state index in [-0.39, 0.29) is 43.4 Å². The van der Waals surface area contributed by atoms with Crippen molar-refractivity contribution in [2.24, 2.45) is 7.05 Å². The monoisotopic (exact) mass is 443 g/mol. The van der Waals surface area contributed by atoms with Gasteiger partial charge >= 0.3 is 5.69 Å². The van der Waals surface area contributed by atoms with Gasteiger partial charge in [-0.3, -0.25) is 14.3 Å². The standard InChI is InChI=1S/C17H19Cl2N5O5/c1-23-14-13(15(27)22-17(23)28)24(16(21-14)20-4-5-25)7-10(26)8-29-12-3-2-9(18)6-11(12)19/h2-3,6,10,25-26H,4-5,7-8H2,1H3,(H,20,21)(H,22,27,28). The van der Waals surface area contributed by atoms with E-state index in [1.165, 1.54) is 22.2 Å². The van der Waals surface area contributed by atoms with Gasteiger partial charge < -0.3 is 24.8 Å². The summed E-state index contributed by atoms with van der Waals surface area (Å²) in [4.78, 5) is 30.6. The van der Waals surface area contributed by atoms with E-state index in [2.05, 4.69) is 15.3 Å². The molecule has 0 fully saturated rings. The lowest BCUT2D eigenvalue weighted by atomic mass is 10.3. The molecule has 29 heavy (non-hydrogen) atoms. The molecule has 0 spiro atoms. The molecule has 1 atom stereocenters. The van der Waals surface area contributed by atoms with E-state index in [0.717, 1.165) is 0 Å². The number of imidazole rings is 1. The maximum atomic E-state index is 12.3. The van der Waals surface area contributed by atoms with Crippen LogP contribution in [0.5, 0.6) is 5.75 Å². The molecule has 4 N–H and O–H groups in total. The molecule has 10 nitrogen and oxygen atoms in total. The molecule has 156 valence electrons. The first-order valence-corrected chi connectivity index (χ1v) is 9.37. The number of anilines is 1. The number of aryl methyl sites for hydroxylation is 1. The molecule has 0 saturated carbocycles. The highest BCUT2D eigenvalue weighted by atomic mass is 35.5. The second-order valence-electron chi connectivity index (χ2n) is 6.23. The minimum atomic E-state index is -1.04. The van der Waals surface area contributed by atoms with Crippen LogP contribution in [0.2, 0.25) is 10.0 Å². The first kappa shape index (κ1) is 21.2. The van der Waals surface area contributed by atoms with Gasteiger partial charge in [0.05, 0.1) is 18.2 Å². The van der Waals surface area contributed by atoms with Gasteiger partial charge in [0, 0.05) is 18.6 Å². The number of hydrogen-bond acceptors (Lipinski definition) is 7. The fourth-order valence-corrected chi connectivity index (χ4v) is 3.22. The predicted octanol–water partition coefficient (Wildman–Crippen LogP) is 0.574. The van der Waals surface area contributed by atoms with Crippen molar-refractivity contribution in [3.05, 3.63) is 49.1 Å². The predicted molar refractivity (Wildman–Crippen MR) is 109 cm³/mol. The van der Waals surface area contributed by atoms with Gasteiger partial charge in [0.1, 0.15) is 18.5 Å². The van der Waals surface area contributed by atoms with Crippen LogP contribution in [0, 0.1) is 0 Å². The number of fused-ring (bicyclic) bond motifs is 1. The Morgan fingerprint density at radius 3 is 2.79 bits per heavy atom. The molecule has 1 unspecified atom stereocenters. The van der Waals surface area contributed by atoms with Gasteiger partial charge in [0.2, 0.25) is 5.95 Å². The van der Waals surface area contributed by atoms with Crippen molar-refractivity contribution in [1.82, 2.24) is 19.1 Å². The summed E-state index contributed by atoms with van der Waals surface area (Å²) in [6, 6.07) is 4.71. The fourth-order valence-electron chi connectivity index (χ4n) is 2.76. The summed E-state index contributed by atoms with van der Waals surface area (Å²) in [5.41, 5.74) is -0.993. The topological polar surface area (TPSA) is 134 Å². The van der Waals surface area contributed by atoms with Crippen molar-refractivity contribution in [3.63, 3.8) is 0 Å². The van der Waals surface area contributed by atoms with Gasteiger partial charge in [-0.25, -0.2) is 4.79 Å². The molecule has 0 bridgehead atoms. The van der Waals surface area contributed by atoms with Gasteiger partial charge in [0.25, 0.3) is 5.56 Å². The molecule has 12 heteroatoms. The highest BCUT2D eigenvalue weighted by Crippen LogP contribution is 2.27. The molecule has 3 rings (SSSR count). The third-order valence-corrected chi connectivity index (χ3v) is 4.65. The summed E-state index contributed by atoms with van der Waals surface area (Å²) in [6.07, 6.45) is -1.04. The minimum absolute atomic E-state index is 0.0588. The van der Waals surface area contributed by atoms with E-state index in [0.29, 0.717) is 15.8 Å². The Bertz CT molecular complexity index is 1140. The number of ether oxygens (including phenoxy) is 1. The molecule has 0 amide bonds. The molecule has 2 aromatic heterocycles. The van der Waals surface area contributed by atoms with Crippen LogP contribution in [-0.2, 0) is 13.6 Å². The SMILES string of the molecule is Cn1c(=O)[nH]c(=O)c2c1nc(NCCO)n2CC(O)COc1ccc(Cl)cc1Cl. The van der Waals surface area contributed by atoms with Gasteiger partial charge in [0.15, 0.2) is 11.2 Å². The summed E-state index contributed by atoms with van der Waals surface area (Å²) in [7, 11) is 1.47. The van der Waals surface area contributed by atoms with Crippen LogP contribution in [-0.4, -0.2) is 55.2 Å². The maximum absolute atomic E-state index is 12.3. The first-order chi connectivity index (χ1) is 13.8. The van der Waals surface area contributed by atoms with Crippen molar-refractivity contribution in [1.29, 1.82) is 0 Å². The number of halogens is 2. The smallest absolute Gasteiger partial charge is 0.329 e. The molecule has 3 aromatic rings. The number of rotatable bonds is 8. The quantitative estimate of drug-likeness (QED) is 0.399. The Labute approximate surface area is 174 Å². The van der Waals surface area contributed by atoms with Crippen LogP contribution in [0.25, 0.3) is 11.2 Å². The van der Waals surface area contributed by atoms with Crippen LogP contribution >= 0.6 is 23.2 Å². The van der Waals surface area contributed by atoms with Gasteiger partial charge in [-0.05, 0) is 18.2 Å². The molecule has 1 aromatic carbocycles. The zero-order valence-electron chi connectivity index (χ0n) is 15.4. The highest BCUT2D eigenvalue weighted by Gasteiger charge is 2.20. The Morgan fingerprint density at radius 1 is 1.34 bits per heavy atom. The lowest BCUT2D eigenvalue weighted by molar-refractivity contribution is 0.0938. The number of aliphatic hydroxyl groups is 2. The summed E-state index contributed by atoms with van der Waals surface area (Å²) < 4.78 is 8.15. The van der Waals surface area contributed by atoms with E-state index in [1.54, 1.807) is 12.1 Å². The van der Waals surface area contributed by atoms with Crippen molar-refractivity contribution >= 4 is 40.3 Å². The Balaban J connectivity index is 1.88. The summed E-state index contributed by atoms with van der Waals surface area (Å²) >= 11 is 11.9. The molecule has 0 aliphatic rings. The number of aliphatic hydroxyl groups excluding tert-OH is 2. The number of benzene rings is 1. The average molecular weight is 444 g/mol. The number of aromatic amines is 1. The van der Waals surface area contributed by atoms with Crippen molar-refractivity contribution in [2.75, 3.05) is 25.1 Å². The Hall–Kier alpha value is -2.53. The van der Waals surface area contributed by atoms with Crippen LogP contribution in [0.3, 0.4) is 0 Å². The second kappa shape index (κ2) is 8.87. The van der Waals surface area contributed by atoms with Crippen LogP contribution in [0.15, 0.2) is 27.8 Å². The lowest BCUT2D eigenvalue weighted by Gasteiger charge is -2.16. The minimum Gasteiger partial charge on any atom is -0.489 e. The van der Waals surface area contributed by atoms with E-state index >= 15 is 0 Å². The maximum Gasteiger partial charge on any atom is 0.329 e. The summed E-state index contributed by atoms with van der Waals surface area (Å²) in [5, 5.41) is 23.1. The molecule has 2 heterocycles. The third-order valence-electron chi connectivity index (χ3n) is 4.12. The molecule has 0 saturated heterocycles.